The van der Waals surface area contributed by atoms with Gasteiger partial charge in [0, 0.05) is 35.7 Å². The molecule has 1 heterocycles. The van der Waals surface area contributed by atoms with E-state index < -0.39 is 0 Å². The SMILES string of the molecule is CC(CSc1ccc(F)cc1)C(=O)N1CCCCC1CN. The van der Waals surface area contributed by atoms with Gasteiger partial charge in [0.15, 0.2) is 0 Å². The maximum atomic E-state index is 12.9. The van der Waals surface area contributed by atoms with Crippen molar-refractivity contribution in [3.05, 3.63) is 30.1 Å². The molecule has 2 N–H and O–H groups in total. The second-order valence-corrected chi connectivity index (χ2v) is 6.68. The Hall–Kier alpha value is -1.07. The average Bonchev–Trinajstić information content (AvgIpc) is 2.53. The monoisotopic (exact) mass is 310 g/mol. The van der Waals surface area contributed by atoms with Crippen molar-refractivity contribution >= 4 is 17.7 Å². The van der Waals surface area contributed by atoms with Gasteiger partial charge in [0.05, 0.1) is 0 Å². The fourth-order valence-electron chi connectivity index (χ4n) is 2.64. The normalized spacial score (nSPS) is 20.3. The topological polar surface area (TPSA) is 46.3 Å². The third-order valence-electron chi connectivity index (χ3n) is 3.92. The number of benzene rings is 1. The summed E-state index contributed by atoms with van der Waals surface area (Å²) in [6.07, 6.45) is 3.24. The lowest BCUT2D eigenvalue weighted by atomic mass is 10.0. The van der Waals surface area contributed by atoms with Crippen LogP contribution in [0.4, 0.5) is 4.39 Å². The molecule has 1 amide bonds. The van der Waals surface area contributed by atoms with Crippen molar-refractivity contribution in [2.75, 3.05) is 18.8 Å². The Morgan fingerprint density at radius 1 is 1.43 bits per heavy atom. The summed E-state index contributed by atoms with van der Waals surface area (Å²) in [5.41, 5.74) is 5.78. The van der Waals surface area contributed by atoms with Crippen LogP contribution in [0.3, 0.4) is 0 Å². The molecule has 5 heteroatoms. The van der Waals surface area contributed by atoms with Crippen molar-refractivity contribution in [3.8, 4) is 0 Å². The van der Waals surface area contributed by atoms with Crippen LogP contribution >= 0.6 is 11.8 Å². The Kier molecular flexibility index (Phi) is 6.06. The van der Waals surface area contributed by atoms with Gasteiger partial charge in [0.25, 0.3) is 0 Å². The van der Waals surface area contributed by atoms with Crippen molar-refractivity contribution in [2.24, 2.45) is 11.7 Å². The Labute approximate surface area is 130 Å². The van der Waals surface area contributed by atoms with Crippen LogP contribution in [0.5, 0.6) is 0 Å². The van der Waals surface area contributed by atoms with Gasteiger partial charge < -0.3 is 10.6 Å². The van der Waals surface area contributed by atoms with Gasteiger partial charge in [-0.2, -0.15) is 0 Å². The van der Waals surface area contributed by atoms with E-state index >= 15 is 0 Å². The van der Waals surface area contributed by atoms with Gasteiger partial charge in [-0.05, 0) is 43.5 Å². The molecule has 1 aliphatic heterocycles. The number of amides is 1. The lowest BCUT2D eigenvalue weighted by Crippen LogP contribution is -2.49. The average molecular weight is 310 g/mol. The van der Waals surface area contributed by atoms with Crippen molar-refractivity contribution in [3.63, 3.8) is 0 Å². The number of thioether (sulfide) groups is 1. The first kappa shape index (κ1) is 16.3. The van der Waals surface area contributed by atoms with E-state index in [9.17, 15) is 9.18 Å². The summed E-state index contributed by atoms with van der Waals surface area (Å²) in [7, 11) is 0. The number of likely N-dealkylation sites (tertiary alicyclic amines) is 1. The number of piperidine rings is 1. The first-order valence-electron chi connectivity index (χ1n) is 7.50. The maximum absolute atomic E-state index is 12.9. The minimum Gasteiger partial charge on any atom is -0.338 e. The van der Waals surface area contributed by atoms with Crippen LogP contribution < -0.4 is 5.73 Å². The van der Waals surface area contributed by atoms with E-state index in [2.05, 4.69) is 0 Å². The van der Waals surface area contributed by atoms with Gasteiger partial charge in [-0.1, -0.05) is 6.92 Å². The molecule has 2 unspecified atom stereocenters. The molecule has 1 aromatic carbocycles. The van der Waals surface area contributed by atoms with E-state index in [1.807, 2.05) is 11.8 Å². The van der Waals surface area contributed by atoms with E-state index in [-0.39, 0.29) is 23.7 Å². The lowest BCUT2D eigenvalue weighted by Gasteiger charge is -2.36. The molecule has 0 spiro atoms. The van der Waals surface area contributed by atoms with Crippen LogP contribution in [0, 0.1) is 11.7 Å². The highest BCUT2D eigenvalue weighted by molar-refractivity contribution is 7.99. The molecule has 0 aromatic heterocycles. The van der Waals surface area contributed by atoms with E-state index in [0.717, 1.165) is 30.7 Å². The first-order valence-corrected chi connectivity index (χ1v) is 8.49. The zero-order valence-electron chi connectivity index (χ0n) is 12.4. The molecule has 0 radical (unpaired) electrons. The first-order chi connectivity index (χ1) is 10.1. The number of nitrogens with zero attached hydrogens (tertiary/aromatic N) is 1. The second-order valence-electron chi connectivity index (χ2n) is 5.58. The highest BCUT2D eigenvalue weighted by Gasteiger charge is 2.28. The Morgan fingerprint density at radius 2 is 2.14 bits per heavy atom. The van der Waals surface area contributed by atoms with Gasteiger partial charge in [0.2, 0.25) is 5.91 Å². The van der Waals surface area contributed by atoms with Crippen LogP contribution in [0.25, 0.3) is 0 Å². The molecule has 0 bridgehead atoms. The molecule has 1 aromatic rings. The molecule has 116 valence electrons. The molecule has 1 saturated heterocycles. The van der Waals surface area contributed by atoms with Crippen molar-refractivity contribution in [1.82, 2.24) is 4.90 Å². The number of hydrogen-bond acceptors (Lipinski definition) is 3. The predicted octanol–water partition coefficient (Wildman–Crippen LogP) is 2.89. The third-order valence-corrected chi connectivity index (χ3v) is 5.19. The number of halogens is 1. The van der Waals surface area contributed by atoms with E-state index in [1.165, 1.54) is 12.1 Å². The summed E-state index contributed by atoms with van der Waals surface area (Å²) >= 11 is 1.59. The minimum absolute atomic E-state index is 0.0489. The van der Waals surface area contributed by atoms with Gasteiger partial charge in [-0.15, -0.1) is 11.8 Å². The Morgan fingerprint density at radius 3 is 2.81 bits per heavy atom. The molecule has 21 heavy (non-hydrogen) atoms. The molecule has 1 aliphatic rings. The molecular weight excluding hydrogens is 287 g/mol. The number of hydrogen-bond donors (Lipinski definition) is 1. The largest absolute Gasteiger partial charge is 0.338 e. The fourth-order valence-corrected chi connectivity index (χ4v) is 3.56. The van der Waals surface area contributed by atoms with Crippen molar-refractivity contribution in [1.29, 1.82) is 0 Å². The standard InChI is InChI=1S/C16H23FN2OS/c1-12(11-21-15-7-5-13(17)6-8-15)16(20)19-9-3-2-4-14(19)10-18/h5-8,12,14H,2-4,9-11,18H2,1H3. The minimum atomic E-state index is -0.234. The Bertz CT molecular complexity index is 466. The molecule has 2 rings (SSSR count). The van der Waals surface area contributed by atoms with Crippen LogP contribution in [-0.4, -0.2) is 35.7 Å². The third kappa shape index (κ3) is 4.45. The zero-order chi connectivity index (χ0) is 15.2. The van der Waals surface area contributed by atoms with E-state index in [4.69, 9.17) is 5.73 Å². The lowest BCUT2D eigenvalue weighted by molar-refractivity contribution is -0.137. The Balaban J connectivity index is 1.88. The number of carbonyl (C=O) groups is 1. The molecule has 2 atom stereocenters. The number of carbonyl (C=O) groups excluding carboxylic acids is 1. The van der Waals surface area contributed by atoms with E-state index in [0.29, 0.717) is 12.3 Å². The van der Waals surface area contributed by atoms with Crippen molar-refractivity contribution in [2.45, 2.75) is 37.1 Å². The predicted molar refractivity (Wildman–Crippen MR) is 84.7 cm³/mol. The molecule has 3 nitrogen and oxygen atoms in total. The van der Waals surface area contributed by atoms with E-state index in [1.54, 1.807) is 23.9 Å². The van der Waals surface area contributed by atoms with Gasteiger partial charge >= 0.3 is 0 Å². The molecule has 0 aliphatic carbocycles. The number of rotatable bonds is 5. The maximum Gasteiger partial charge on any atom is 0.226 e. The summed E-state index contributed by atoms with van der Waals surface area (Å²) in [6, 6.07) is 6.60. The van der Waals surface area contributed by atoms with Gasteiger partial charge in [-0.3, -0.25) is 4.79 Å². The summed E-state index contributed by atoms with van der Waals surface area (Å²) < 4.78 is 12.9. The van der Waals surface area contributed by atoms with Crippen LogP contribution in [0.1, 0.15) is 26.2 Å². The second kappa shape index (κ2) is 7.80. The summed E-state index contributed by atoms with van der Waals surface area (Å²) in [5, 5.41) is 0. The zero-order valence-corrected chi connectivity index (χ0v) is 13.2. The molecular formula is C16H23FN2OS. The van der Waals surface area contributed by atoms with Crippen LogP contribution in [0.2, 0.25) is 0 Å². The van der Waals surface area contributed by atoms with Gasteiger partial charge in [0.1, 0.15) is 5.82 Å². The fraction of sp³-hybridized carbons (Fsp3) is 0.562. The number of nitrogens with two attached hydrogens (primary N) is 1. The quantitative estimate of drug-likeness (QED) is 0.851. The van der Waals surface area contributed by atoms with Crippen molar-refractivity contribution < 1.29 is 9.18 Å². The van der Waals surface area contributed by atoms with Crippen LogP contribution in [0.15, 0.2) is 29.2 Å². The summed E-state index contributed by atoms with van der Waals surface area (Å²) in [4.78, 5) is 15.5. The summed E-state index contributed by atoms with van der Waals surface area (Å²) in [6.45, 7) is 3.33. The van der Waals surface area contributed by atoms with Crippen LogP contribution in [-0.2, 0) is 4.79 Å². The smallest absolute Gasteiger partial charge is 0.226 e. The highest BCUT2D eigenvalue weighted by Crippen LogP contribution is 2.24. The molecule has 0 saturated carbocycles. The highest BCUT2D eigenvalue weighted by atomic mass is 32.2. The van der Waals surface area contributed by atoms with Gasteiger partial charge in [-0.25, -0.2) is 4.39 Å². The summed E-state index contributed by atoms with van der Waals surface area (Å²) in [5.74, 6) is 0.618. The molecule has 1 fully saturated rings.